The number of anilines is 3. The molecule has 0 fully saturated rings. The van der Waals surface area contributed by atoms with E-state index < -0.39 is 0 Å². The van der Waals surface area contributed by atoms with Crippen molar-refractivity contribution in [3.05, 3.63) is 24.3 Å². The van der Waals surface area contributed by atoms with Crippen molar-refractivity contribution < 1.29 is 4.74 Å². The first-order chi connectivity index (χ1) is 10.2. The Morgan fingerprint density at radius 2 is 1.95 bits per heavy atom. The molecule has 0 saturated carbocycles. The lowest BCUT2D eigenvalue weighted by molar-refractivity contribution is 0.223. The molecule has 2 rings (SSSR count). The summed E-state index contributed by atoms with van der Waals surface area (Å²) in [5.41, 5.74) is 6.35. The molecule has 0 saturated heterocycles. The van der Waals surface area contributed by atoms with Crippen molar-refractivity contribution in [3.63, 3.8) is 0 Å². The fourth-order valence-electron chi connectivity index (χ4n) is 1.93. The first-order valence-electron chi connectivity index (χ1n) is 7.11. The highest BCUT2D eigenvalue weighted by atomic mass is 16.5. The molecule has 1 aromatic heterocycles. The predicted octanol–water partition coefficient (Wildman–Crippen LogP) is 1.85. The van der Waals surface area contributed by atoms with Crippen LogP contribution in [0.4, 0.5) is 17.6 Å². The molecule has 21 heavy (non-hydrogen) atoms. The second-order valence-electron chi connectivity index (χ2n) is 4.57. The topological polar surface area (TPSA) is 92.1 Å². The average molecular weight is 290 g/mol. The van der Waals surface area contributed by atoms with Gasteiger partial charge in [0.05, 0.1) is 0 Å². The highest BCUT2D eigenvalue weighted by Gasteiger charge is 2.02. The number of ether oxygens (including phenoxy) is 1. The van der Waals surface area contributed by atoms with Gasteiger partial charge in [-0.15, -0.1) is 5.10 Å². The Morgan fingerprint density at radius 1 is 1.24 bits per heavy atom. The van der Waals surface area contributed by atoms with E-state index in [4.69, 9.17) is 10.5 Å². The van der Waals surface area contributed by atoms with Gasteiger partial charge in [0.15, 0.2) is 0 Å². The molecule has 114 valence electrons. The standard InChI is InChI=1S/C14H22N6O/c1-3-20(4-2)9-10-21-12-7-5-11(6-8-12)16-14-17-13(15)18-19-14/h5-8H,3-4,9-10H2,1-2H3,(H4,15,16,17,18,19). The highest BCUT2D eigenvalue weighted by Crippen LogP contribution is 2.18. The van der Waals surface area contributed by atoms with Gasteiger partial charge in [-0.25, -0.2) is 5.10 Å². The van der Waals surface area contributed by atoms with Gasteiger partial charge in [0.1, 0.15) is 12.4 Å². The van der Waals surface area contributed by atoms with Gasteiger partial charge in [-0.2, -0.15) is 4.98 Å². The van der Waals surface area contributed by atoms with Gasteiger partial charge >= 0.3 is 0 Å². The molecule has 0 atom stereocenters. The van der Waals surface area contributed by atoms with Crippen LogP contribution < -0.4 is 15.8 Å². The molecule has 0 amide bonds. The summed E-state index contributed by atoms with van der Waals surface area (Å²) in [6.45, 7) is 8.01. The Bertz CT molecular complexity index is 535. The zero-order valence-corrected chi connectivity index (χ0v) is 12.5. The maximum atomic E-state index is 5.72. The molecule has 0 aliphatic rings. The van der Waals surface area contributed by atoms with Crippen LogP contribution in [0, 0.1) is 0 Å². The van der Waals surface area contributed by atoms with Crippen molar-refractivity contribution in [1.29, 1.82) is 0 Å². The number of hydrogen-bond acceptors (Lipinski definition) is 6. The van der Waals surface area contributed by atoms with Crippen LogP contribution in [0.3, 0.4) is 0 Å². The maximum absolute atomic E-state index is 5.72. The molecule has 0 bridgehead atoms. The van der Waals surface area contributed by atoms with Crippen LogP contribution in [0.1, 0.15) is 13.8 Å². The van der Waals surface area contributed by atoms with E-state index >= 15 is 0 Å². The minimum absolute atomic E-state index is 0.286. The highest BCUT2D eigenvalue weighted by molar-refractivity contribution is 5.54. The number of nitrogens with two attached hydrogens (primary N) is 1. The number of benzene rings is 1. The van der Waals surface area contributed by atoms with Crippen LogP contribution in [-0.4, -0.2) is 46.3 Å². The van der Waals surface area contributed by atoms with Crippen molar-refractivity contribution in [2.24, 2.45) is 0 Å². The fourth-order valence-corrected chi connectivity index (χ4v) is 1.93. The molecular formula is C14H22N6O. The molecular weight excluding hydrogens is 268 g/mol. The molecule has 0 spiro atoms. The van der Waals surface area contributed by atoms with Crippen LogP contribution in [0.25, 0.3) is 0 Å². The Morgan fingerprint density at radius 3 is 2.52 bits per heavy atom. The summed E-state index contributed by atoms with van der Waals surface area (Å²) in [5, 5.41) is 9.53. The second kappa shape index (κ2) is 7.49. The van der Waals surface area contributed by atoms with Gasteiger partial charge in [0.2, 0.25) is 11.9 Å². The lowest BCUT2D eigenvalue weighted by atomic mass is 10.3. The van der Waals surface area contributed by atoms with Crippen molar-refractivity contribution >= 4 is 17.6 Å². The van der Waals surface area contributed by atoms with E-state index in [1.54, 1.807) is 0 Å². The van der Waals surface area contributed by atoms with E-state index in [1.165, 1.54) is 0 Å². The van der Waals surface area contributed by atoms with Crippen LogP contribution in [0.2, 0.25) is 0 Å². The largest absolute Gasteiger partial charge is 0.492 e. The molecule has 0 aliphatic carbocycles. The number of H-pyrrole nitrogens is 1. The second-order valence-corrected chi connectivity index (χ2v) is 4.57. The van der Waals surface area contributed by atoms with Gasteiger partial charge in [0.25, 0.3) is 0 Å². The van der Waals surface area contributed by atoms with Gasteiger partial charge in [-0.3, -0.25) is 0 Å². The number of aromatic amines is 1. The number of hydrogen-bond donors (Lipinski definition) is 3. The third-order valence-corrected chi connectivity index (χ3v) is 3.18. The van der Waals surface area contributed by atoms with E-state index in [2.05, 4.69) is 39.2 Å². The Hall–Kier alpha value is -2.28. The quantitative estimate of drug-likeness (QED) is 0.687. The van der Waals surface area contributed by atoms with Crippen LogP contribution in [0.5, 0.6) is 5.75 Å². The van der Waals surface area contributed by atoms with Crippen LogP contribution in [-0.2, 0) is 0 Å². The summed E-state index contributed by atoms with van der Waals surface area (Å²) in [6, 6.07) is 7.67. The number of likely N-dealkylation sites (N-methyl/N-ethyl adjacent to an activating group) is 1. The number of aromatic nitrogens is 3. The molecule has 7 heteroatoms. The Labute approximate surface area is 124 Å². The third-order valence-electron chi connectivity index (χ3n) is 3.18. The minimum Gasteiger partial charge on any atom is -0.492 e. The summed E-state index contributed by atoms with van der Waals surface area (Å²) in [7, 11) is 0. The number of nitrogens with zero attached hydrogens (tertiary/aromatic N) is 3. The molecule has 1 heterocycles. The summed E-state index contributed by atoms with van der Waals surface area (Å²) in [6.07, 6.45) is 0. The Balaban J connectivity index is 1.81. The molecule has 0 radical (unpaired) electrons. The van der Waals surface area contributed by atoms with E-state index in [0.717, 1.165) is 31.1 Å². The first kappa shape index (κ1) is 15.1. The smallest absolute Gasteiger partial charge is 0.248 e. The van der Waals surface area contributed by atoms with Gasteiger partial charge in [-0.1, -0.05) is 13.8 Å². The molecule has 0 unspecified atom stereocenters. The number of nitrogens with one attached hydrogen (secondary N) is 2. The van der Waals surface area contributed by atoms with Gasteiger partial charge in [-0.05, 0) is 37.4 Å². The molecule has 1 aromatic carbocycles. The first-order valence-corrected chi connectivity index (χ1v) is 7.11. The molecule has 4 N–H and O–H groups in total. The van der Waals surface area contributed by atoms with E-state index in [1.807, 2.05) is 24.3 Å². The predicted molar refractivity (Wildman–Crippen MR) is 83.8 cm³/mol. The van der Waals surface area contributed by atoms with Crippen molar-refractivity contribution in [1.82, 2.24) is 20.1 Å². The van der Waals surface area contributed by atoms with Gasteiger partial charge in [0, 0.05) is 12.2 Å². The summed E-state index contributed by atoms with van der Waals surface area (Å²) >= 11 is 0. The molecule has 7 nitrogen and oxygen atoms in total. The summed E-state index contributed by atoms with van der Waals surface area (Å²) in [5.74, 6) is 1.58. The summed E-state index contributed by atoms with van der Waals surface area (Å²) in [4.78, 5) is 6.30. The normalized spacial score (nSPS) is 10.8. The molecule has 0 aliphatic heterocycles. The SMILES string of the molecule is CCN(CC)CCOc1ccc(Nc2n[nH]c(N)n2)cc1. The zero-order chi connectivity index (χ0) is 15.1. The van der Waals surface area contributed by atoms with Crippen molar-refractivity contribution in [2.75, 3.05) is 37.3 Å². The zero-order valence-electron chi connectivity index (χ0n) is 12.5. The monoisotopic (exact) mass is 290 g/mol. The van der Waals surface area contributed by atoms with E-state index in [9.17, 15) is 0 Å². The van der Waals surface area contributed by atoms with Crippen LogP contribution in [0.15, 0.2) is 24.3 Å². The van der Waals surface area contributed by atoms with Crippen molar-refractivity contribution in [2.45, 2.75) is 13.8 Å². The maximum Gasteiger partial charge on any atom is 0.248 e. The summed E-state index contributed by atoms with van der Waals surface area (Å²) < 4.78 is 5.72. The van der Waals surface area contributed by atoms with Crippen molar-refractivity contribution in [3.8, 4) is 5.75 Å². The van der Waals surface area contributed by atoms with E-state index in [-0.39, 0.29) is 5.95 Å². The molecule has 2 aromatic rings. The minimum atomic E-state index is 0.286. The lowest BCUT2D eigenvalue weighted by Crippen LogP contribution is -2.27. The third kappa shape index (κ3) is 4.64. The van der Waals surface area contributed by atoms with E-state index in [0.29, 0.717) is 12.6 Å². The average Bonchev–Trinajstić information content (AvgIpc) is 2.90. The number of nitrogen functional groups attached to an aromatic ring is 1. The lowest BCUT2D eigenvalue weighted by Gasteiger charge is -2.18. The number of rotatable bonds is 8. The van der Waals surface area contributed by atoms with Crippen LogP contribution >= 0.6 is 0 Å². The Kier molecular flexibility index (Phi) is 5.39. The fraction of sp³-hybridized carbons (Fsp3) is 0.429. The van der Waals surface area contributed by atoms with Gasteiger partial charge < -0.3 is 20.7 Å².